The van der Waals surface area contributed by atoms with Gasteiger partial charge in [-0.05, 0) is 44.9 Å². The molecule has 20 heavy (non-hydrogen) atoms. The van der Waals surface area contributed by atoms with Crippen molar-refractivity contribution in [3.05, 3.63) is 11.6 Å². The van der Waals surface area contributed by atoms with E-state index >= 15 is 0 Å². The minimum Gasteiger partial charge on any atom is -0.480 e. The first-order chi connectivity index (χ1) is 9.62. The van der Waals surface area contributed by atoms with Crippen molar-refractivity contribution >= 4 is 12.0 Å². The van der Waals surface area contributed by atoms with Crippen LogP contribution < -0.4 is 10.6 Å². The lowest BCUT2D eigenvalue weighted by atomic mass is 9.97. The molecule has 0 spiro atoms. The molecule has 0 unspecified atom stereocenters. The molecule has 0 aromatic carbocycles. The molecule has 2 aliphatic rings. The summed E-state index contributed by atoms with van der Waals surface area (Å²) in [4.78, 5) is 23.2. The second-order valence-electron chi connectivity index (χ2n) is 5.83. The molecule has 1 saturated carbocycles. The van der Waals surface area contributed by atoms with E-state index in [0.717, 1.165) is 32.1 Å². The number of carbonyl (C=O) groups excluding carboxylic acids is 1. The maximum Gasteiger partial charge on any atom is 0.329 e. The summed E-state index contributed by atoms with van der Waals surface area (Å²) in [5.41, 5.74) is 0.360. The standard InChI is InChI=1S/C15H24N2O3/c18-13(19)15(9-4-5-10-15)17-14(20)16-11-8-12-6-2-1-3-7-12/h6H,1-5,7-11H2,(H,18,19)(H2,16,17,20). The van der Waals surface area contributed by atoms with Gasteiger partial charge in [0.25, 0.3) is 0 Å². The zero-order valence-electron chi connectivity index (χ0n) is 11.9. The minimum absolute atomic E-state index is 0.356. The van der Waals surface area contributed by atoms with Crippen LogP contribution in [0.2, 0.25) is 0 Å². The molecule has 0 heterocycles. The fourth-order valence-corrected chi connectivity index (χ4v) is 3.10. The molecule has 5 nitrogen and oxygen atoms in total. The molecule has 0 radical (unpaired) electrons. The summed E-state index contributed by atoms with van der Waals surface area (Å²) in [6.07, 6.45) is 10.7. The van der Waals surface area contributed by atoms with E-state index in [2.05, 4.69) is 16.7 Å². The molecule has 3 N–H and O–H groups in total. The second kappa shape index (κ2) is 6.77. The van der Waals surface area contributed by atoms with E-state index in [1.807, 2.05) is 0 Å². The normalized spacial score (nSPS) is 21.1. The molecule has 2 aliphatic carbocycles. The van der Waals surface area contributed by atoms with Crippen LogP contribution in [0, 0.1) is 0 Å². The number of allylic oxidation sites excluding steroid dienone is 1. The Kier molecular flexibility index (Phi) is 5.04. The zero-order valence-corrected chi connectivity index (χ0v) is 11.9. The molecular weight excluding hydrogens is 256 g/mol. The van der Waals surface area contributed by atoms with Gasteiger partial charge in [-0.2, -0.15) is 0 Å². The SMILES string of the molecule is O=C(NCCC1=CCCCC1)NC1(C(=O)O)CCCC1. The molecule has 2 rings (SSSR count). The van der Waals surface area contributed by atoms with Crippen LogP contribution in [0.3, 0.4) is 0 Å². The molecule has 0 atom stereocenters. The number of carboxylic acids is 1. The Morgan fingerprint density at radius 2 is 1.95 bits per heavy atom. The van der Waals surface area contributed by atoms with E-state index in [9.17, 15) is 14.7 Å². The third-order valence-corrected chi connectivity index (χ3v) is 4.34. The third kappa shape index (κ3) is 3.74. The molecule has 0 aliphatic heterocycles. The Balaban J connectivity index is 1.74. The minimum atomic E-state index is -1.05. The smallest absolute Gasteiger partial charge is 0.329 e. The maximum absolute atomic E-state index is 11.8. The predicted octanol–water partition coefficient (Wildman–Crippen LogP) is 2.57. The highest BCUT2D eigenvalue weighted by molar-refractivity contribution is 5.86. The number of amides is 2. The first kappa shape index (κ1) is 14.9. The van der Waals surface area contributed by atoms with Crippen molar-refractivity contribution in [2.24, 2.45) is 0 Å². The van der Waals surface area contributed by atoms with Crippen molar-refractivity contribution in [2.45, 2.75) is 63.3 Å². The van der Waals surface area contributed by atoms with E-state index < -0.39 is 11.5 Å². The van der Waals surface area contributed by atoms with Crippen LogP contribution in [0.1, 0.15) is 57.8 Å². The lowest BCUT2D eigenvalue weighted by Gasteiger charge is -2.25. The Morgan fingerprint density at radius 1 is 1.20 bits per heavy atom. The van der Waals surface area contributed by atoms with Crippen molar-refractivity contribution < 1.29 is 14.7 Å². The number of nitrogens with one attached hydrogen (secondary N) is 2. The topological polar surface area (TPSA) is 78.4 Å². The maximum atomic E-state index is 11.8. The van der Waals surface area contributed by atoms with Gasteiger partial charge in [0.05, 0.1) is 0 Å². The third-order valence-electron chi connectivity index (χ3n) is 4.34. The number of carboxylic acid groups (broad SMARTS) is 1. The first-order valence-electron chi connectivity index (χ1n) is 7.60. The number of hydrogen-bond acceptors (Lipinski definition) is 2. The van der Waals surface area contributed by atoms with Gasteiger partial charge in [0.1, 0.15) is 5.54 Å². The first-order valence-corrected chi connectivity index (χ1v) is 7.60. The molecule has 0 aromatic heterocycles. The van der Waals surface area contributed by atoms with Crippen molar-refractivity contribution in [2.75, 3.05) is 6.54 Å². The average Bonchev–Trinajstić information content (AvgIpc) is 2.90. The Hall–Kier alpha value is -1.52. The summed E-state index contributed by atoms with van der Waals surface area (Å²) >= 11 is 0. The van der Waals surface area contributed by atoms with Crippen LogP contribution in [0.15, 0.2) is 11.6 Å². The lowest BCUT2D eigenvalue weighted by Crippen LogP contribution is -2.55. The van der Waals surface area contributed by atoms with Gasteiger partial charge in [0, 0.05) is 6.54 Å². The monoisotopic (exact) mass is 280 g/mol. The molecule has 112 valence electrons. The van der Waals surface area contributed by atoms with Crippen LogP contribution in [0.5, 0.6) is 0 Å². The van der Waals surface area contributed by atoms with E-state index in [1.165, 1.54) is 18.4 Å². The summed E-state index contributed by atoms with van der Waals surface area (Å²) in [5, 5.41) is 14.7. The van der Waals surface area contributed by atoms with Crippen molar-refractivity contribution in [1.82, 2.24) is 10.6 Å². The highest BCUT2D eigenvalue weighted by Crippen LogP contribution is 2.29. The van der Waals surface area contributed by atoms with Crippen molar-refractivity contribution in [3.8, 4) is 0 Å². The van der Waals surface area contributed by atoms with E-state index in [0.29, 0.717) is 19.4 Å². The van der Waals surface area contributed by atoms with Crippen LogP contribution in [0.25, 0.3) is 0 Å². The molecular formula is C15H24N2O3. The van der Waals surface area contributed by atoms with Gasteiger partial charge in [-0.1, -0.05) is 24.5 Å². The summed E-state index contributed by atoms with van der Waals surface area (Å²) in [6.45, 7) is 0.577. The average molecular weight is 280 g/mol. The number of aliphatic carboxylic acids is 1. The number of carbonyl (C=O) groups is 2. The number of urea groups is 1. The van der Waals surface area contributed by atoms with Gasteiger partial charge in [-0.3, -0.25) is 0 Å². The van der Waals surface area contributed by atoms with Gasteiger partial charge in [-0.15, -0.1) is 0 Å². The molecule has 1 fully saturated rings. The van der Waals surface area contributed by atoms with Crippen LogP contribution in [-0.4, -0.2) is 29.2 Å². The van der Waals surface area contributed by atoms with Gasteiger partial charge in [0.15, 0.2) is 0 Å². The lowest BCUT2D eigenvalue weighted by molar-refractivity contribution is -0.144. The highest BCUT2D eigenvalue weighted by Gasteiger charge is 2.42. The summed E-state index contributed by atoms with van der Waals surface area (Å²) in [7, 11) is 0. The van der Waals surface area contributed by atoms with Crippen LogP contribution in [-0.2, 0) is 4.79 Å². The second-order valence-corrected chi connectivity index (χ2v) is 5.83. The quantitative estimate of drug-likeness (QED) is 0.677. The largest absolute Gasteiger partial charge is 0.480 e. The van der Waals surface area contributed by atoms with Gasteiger partial charge in [0.2, 0.25) is 0 Å². The summed E-state index contributed by atoms with van der Waals surface area (Å²) in [6, 6.07) is -0.356. The molecule has 2 amide bonds. The molecule has 5 heteroatoms. The molecule has 0 saturated heterocycles. The van der Waals surface area contributed by atoms with Crippen LogP contribution in [0.4, 0.5) is 4.79 Å². The predicted molar refractivity (Wildman–Crippen MR) is 76.5 cm³/mol. The van der Waals surface area contributed by atoms with E-state index in [4.69, 9.17) is 0 Å². The van der Waals surface area contributed by atoms with E-state index in [1.54, 1.807) is 0 Å². The Morgan fingerprint density at radius 3 is 2.55 bits per heavy atom. The van der Waals surface area contributed by atoms with Gasteiger partial charge in [-0.25, -0.2) is 9.59 Å². The molecule has 0 aromatic rings. The summed E-state index contributed by atoms with van der Waals surface area (Å²) in [5.74, 6) is -0.917. The number of hydrogen-bond donors (Lipinski definition) is 3. The highest BCUT2D eigenvalue weighted by atomic mass is 16.4. The summed E-state index contributed by atoms with van der Waals surface area (Å²) < 4.78 is 0. The fourth-order valence-electron chi connectivity index (χ4n) is 3.10. The molecule has 0 bridgehead atoms. The van der Waals surface area contributed by atoms with Gasteiger partial charge >= 0.3 is 12.0 Å². The zero-order chi connectivity index (χ0) is 14.4. The van der Waals surface area contributed by atoms with Crippen LogP contribution >= 0.6 is 0 Å². The Bertz CT molecular complexity index is 398. The van der Waals surface area contributed by atoms with Crippen molar-refractivity contribution in [3.63, 3.8) is 0 Å². The Labute approximate surface area is 119 Å². The van der Waals surface area contributed by atoms with E-state index in [-0.39, 0.29) is 6.03 Å². The van der Waals surface area contributed by atoms with Gasteiger partial charge < -0.3 is 15.7 Å². The van der Waals surface area contributed by atoms with Crippen molar-refractivity contribution in [1.29, 1.82) is 0 Å². The fraction of sp³-hybridized carbons (Fsp3) is 0.733. The number of rotatable bonds is 5.